The third-order valence-electron chi connectivity index (χ3n) is 2.86. The fourth-order valence-corrected chi connectivity index (χ4v) is 2.77. The molecule has 0 fully saturated rings. The maximum Gasteiger partial charge on any atom is 0.244 e. The molecule has 0 aliphatic rings. The van der Waals surface area contributed by atoms with Crippen molar-refractivity contribution in [1.82, 2.24) is 4.31 Å². The van der Waals surface area contributed by atoms with E-state index in [2.05, 4.69) is 5.32 Å². The van der Waals surface area contributed by atoms with Gasteiger partial charge >= 0.3 is 0 Å². The molecule has 0 aliphatic heterocycles. The van der Waals surface area contributed by atoms with Crippen LogP contribution in [0.3, 0.4) is 0 Å². The van der Waals surface area contributed by atoms with E-state index in [9.17, 15) is 8.42 Å². The molecule has 0 bridgehead atoms. The molecule has 0 aliphatic carbocycles. The van der Waals surface area contributed by atoms with Gasteiger partial charge in [0.25, 0.3) is 0 Å². The lowest BCUT2D eigenvalue weighted by Gasteiger charge is -2.16. The summed E-state index contributed by atoms with van der Waals surface area (Å²) in [5, 5.41) is 3.27. The molecule has 1 rings (SSSR count). The van der Waals surface area contributed by atoms with Crippen molar-refractivity contribution >= 4 is 27.3 Å². The zero-order valence-corrected chi connectivity index (χ0v) is 13.1. The summed E-state index contributed by atoms with van der Waals surface area (Å²) in [4.78, 5) is 0.294. The van der Waals surface area contributed by atoms with Gasteiger partial charge < -0.3 is 5.32 Å². The normalized spacial score (nSPS) is 13.5. The minimum Gasteiger partial charge on any atom is -0.384 e. The third kappa shape index (κ3) is 4.37. The molecule has 0 radical (unpaired) electrons. The second-order valence-electron chi connectivity index (χ2n) is 4.50. The van der Waals surface area contributed by atoms with Crippen molar-refractivity contribution in [3.8, 4) is 0 Å². The Morgan fingerprint density at radius 2 is 1.95 bits per heavy atom. The van der Waals surface area contributed by atoms with Gasteiger partial charge in [0.15, 0.2) is 0 Å². The number of nitrogens with one attached hydrogen (secondary N) is 1. The Morgan fingerprint density at radius 1 is 1.32 bits per heavy atom. The highest BCUT2D eigenvalue weighted by Crippen LogP contribution is 2.23. The van der Waals surface area contributed by atoms with Crippen LogP contribution in [-0.2, 0) is 10.0 Å². The van der Waals surface area contributed by atoms with Gasteiger partial charge in [0, 0.05) is 26.0 Å². The molecule has 19 heavy (non-hydrogen) atoms. The van der Waals surface area contributed by atoms with Crippen LogP contribution in [-0.4, -0.2) is 38.7 Å². The molecule has 1 aromatic rings. The smallest absolute Gasteiger partial charge is 0.244 e. The van der Waals surface area contributed by atoms with Gasteiger partial charge in [-0.15, -0.1) is 11.6 Å². The molecule has 1 atom stereocenters. The van der Waals surface area contributed by atoms with Gasteiger partial charge in [0.05, 0.1) is 5.69 Å². The standard InChI is InChI=1S/C13H21ClN2O2S/c1-4-11(14)9-10-15-12-7-5-6-8-13(12)19(17,18)16(2)3/h5-8,11,15H,4,9-10H2,1-3H3. The zero-order valence-electron chi connectivity index (χ0n) is 11.6. The largest absolute Gasteiger partial charge is 0.384 e. The Balaban J connectivity index is 2.86. The second-order valence-corrected chi connectivity index (χ2v) is 7.24. The Hall–Kier alpha value is -0.780. The Kier molecular flexibility index (Phi) is 6.10. The van der Waals surface area contributed by atoms with Gasteiger partial charge in [0.1, 0.15) is 4.90 Å². The predicted molar refractivity (Wildman–Crippen MR) is 80.4 cm³/mol. The van der Waals surface area contributed by atoms with Crippen LogP contribution in [0.2, 0.25) is 0 Å². The first-order valence-corrected chi connectivity index (χ1v) is 8.16. The van der Waals surface area contributed by atoms with E-state index in [1.165, 1.54) is 18.4 Å². The van der Waals surface area contributed by atoms with Crippen molar-refractivity contribution in [2.24, 2.45) is 0 Å². The number of para-hydroxylation sites is 1. The molecule has 1 N–H and O–H groups in total. The number of benzene rings is 1. The minimum atomic E-state index is -3.43. The topological polar surface area (TPSA) is 49.4 Å². The van der Waals surface area contributed by atoms with Crippen molar-refractivity contribution in [2.75, 3.05) is 26.0 Å². The van der Waals surface area contributed by atoms with Crippen molar-refractivity contribution in [3.05, 3.63) is 24.3 Å². The highest BCUT2D eigenvalue weighted by atomic mass is 35.5. The van der Waals surface area contributed by atoms with Gasteiger partial charge in [-0.3, -0.25) is 0 Å². The summed E-state index contributed by atoms with van der Waals surface area (Å²) < 4.78 is 25.5. The van der Waals surface area contributed by atoms with E-state index in [0.29, 0.717) is 17.1 Å². The number of halogens is 1. The molecule has 108 valence electrons. The molecule has 0 heterocycles. The quantitative estimate of drug-likeness (QED) is 0.788. The lowest BCUT2D eigenvalue weighted by Crippen LogP contribution is -2.23. The van der Waals surface area contributed by atoms with E-state index in [4.69, 9.17) is 11.6 Å². The fourth-order valence-electron chi connectivity index (χ4n) is 1.60. The Bertz CT molecular complexity index is 503. The molecule has 0 amide bonds. The molecule has 0 saturated carbocycles. The van der Waals surface area contributed by atoms with Gasteiger partial charge in [-0.25, -0.2) is 12.7 Å². The molecular formula is C13H21ClN2O2S. The number of hydrogen-bond acceptors (Lipinski definition) is 3. The average molecular weight is 305 g/mol. The summed E-state index contributed by atoms with van der Waals surface area (Å²) in [6.07, 6.45) is 1.70. The van der Waals surface area contributed by atoms with Crippen LogP contribution in [0.25, 0.3) is 0 Å². The zero-order chi connectivity index (χ0) is 14.5. The van der Waals surface area contributed by atoms with E-state index >= 15 is 0 Å². The maximum absolute atomic E-state index is 12.2. The summed E-state index contributed by atoms with van der Waals surface area (Å²) in [7, 11) is -0.374. The monoisotopic (exact) mass is 304 g/mol. The molecule has 0 spiro atoms. The van der Waals surface area contributed by atoms with Crippen LogP contribution in [0, 0.1) is 0 Å². The molecule has 0 aromatic heterocycles. The molecule has 6 heteroatoms. The highest BCUT2D eigenvalue weighted by Gasteiger charge is 2.20. The van der Waals surface area contributed by atoms with Crippen LogP contribution < -0.4 is 5.32 Å². The minimum absolute atomic E-state index is 0.116. The predicted octanol–water partition coefficient (Wildman–Crippen LogP) is 2.76. The van der Waals surface area contributed by atoms with Crippen molar-refractivity contribution in [2.45, 2.75) is 30.0 Å². The summed E-state index contributed by atoms with van der Waals surface area (Å²) in [6, 6.07) is 6.91. The van der Waals surface area contributed by atoms with E-state index in [-0.39, 0.29) is 5.38 Å². The molecular weight excluding hydrogens is 284 g/mol. The Labute approximate surface area is 120 Å². The number of anilines is 1. The van der Waals surface area contributed by atoms with Gasteiger partial charge in [0.2, 0.25) is 10.0 Å². The van der Waals surface area contributed by atoms with Crippen LogP contribution in [0.5, 0.6) is 0 Å². The summed E-state index contributed by atoms with van der Waals surface area (Å²) in [5.74, 6) is 0. The number of alkyl halides is 1. The highest BCUT2D eigenvalue weighted by molar-refractivity contribution is 7.89. The van der Waals surface area contributed by atoms with E-state index < -0.39 is 10.0 Å². The lowest BCUT2D eigenvalue weighted by atomic mass is 10.2. The van der Waals surface area contributed by atoms with Crippen molar-refractivity contribution in [1.29, 1.82) is 0 Å². The molecule has 1 unspecified atom stereocenters. The van der Waals surface area contributed by atoms with E-state index in [0.717, 1.165) is 12.8 Å². The SMILES string of the molecule is CCC(Cl)CCNc1ccccc1S(=O)(=O)N(C)C. The third-order valence-corrected chi connectivity index (χ3v) is 5.26. The number of rotatable bonds is 7. The van der Waals surface area contributed by atoms with Crippen LogP contribution in [0.15, 0.2) is 29.2 Å². The molecule has 1 aromatic carbocycles. The fraction of sp³-hybridized carbons (Fsp3) is 0.538. The number of sulfonamides is 1. The van der Waals surface area contributed by atoms with Gasteiger partial charge in [-0.05, 0) is 25.0 Å². The van der Waals surface area contributed by atoms with Crippen LogP contribution in [0.4, 0.5) is 5.69 Å². The first-order valence-electron chi connectivity index (χ1n) is 6.29. The number of nitrogens with zero attached hydrogens (tertiary/aromatic N) is 1. The summed E-state index contributed by atoms with van der Waals surface area (Å²) in [6.45, 7) is 2.68. The van der Waals surface area contributed by atoms with Crippen LogP contribution in [0.1, 0.15) is 19.8 Å². The maximum atomic E-state index is 12.2. The molecule has 4 nitrogen and oxygen atoms in total. The lowest BCUT2D eigenvalue weighted by molar-refractivity contribution is 0.521. The summed E-state index contributed by atoms with van der Waals surface area (Å²) in [5.41, 5.74) is 0.621. The van der Waals surface area contributed by atoms with Crippen LogP contribution >= 0.6 is 11.6 Å². The second kappa shape index (κ2) is 7.12. The first-order chi connectivity index (χ1) is 8.89. The van der Waals surface area contributed by atoms with E-state index in [1.807, 2.05) is 13.0 Å². The molecule has 0 saturated heterocycles. The summed E-state index contributed by atoms with van der Waals surface area (Å²) >= 11 is 6.05. The Morgan fingerprint density at radius 3 is 2.53 bits per heavy atom. The van der Waals surface area contributed by atoms with Gasteiger partial charge in [-0.2, -0.15) is 0 Å². The van der Waals surface area contributed by atoms with Gasteiger partial charge in [-0.1, -0.05) is 19.1 Å². The number of hydrogen-bond donors (Lipinski definition) is 1. The van der Waals surface area contributed by atoms with Crippen molar-refractivity contribution < 1.29 is 8.42 Å². The van der Waals surface area contributed by atoms with E-state index in [1.54, 1.807) is 18.2 Å². The average Bonchev–Trinajstić information content (AvgIpc) is 2.38. The van der Waals surface area contributed by atoms with Crippen molar-refractivity contribution in [3.63, 3.8) is 0 Å². The first kappa shape index (κ1) is 16.3.